The molecule has 0 bridgehead atoms. The van der Waals surface area contributed by atoms with Crippen LogP contribution in [-0.2, 0) is 9.53 Å². The van der Waals surface area contributed by atoms with Gasteiger partial charge >= 0.3 is 5.97 Å². The molecule has 1 rings (SSSR count). The average molecular weight is 327 g/mol. The van der Waals surface area contributed by atoms with E-state index in [2.05, 4.69) is 0 Å². The Bertz CT molecular complexity index is 534. The van der Waals surface area contributed by atoms with Crippen LogP contribution in [0.25, 0.3) is 0 Å². The maximum atomic E-state index is 11.5. The minimum Gasteiger partial charge on any atom is -0.490 e. The minimum atomic E-state index is -0.436. The van der Waals surface area contributed by atoms with E-state index in [-0.39, 0.29) is 10.6 Å². The van der Waals surface area contributed by atoms with Gasteiger partial charge in [0.05, 0.1) is 18.6 Å². The first-order valence-corrected chi connectivity index (χ1v) is 7.94. The van der Waals surface area contributed by atoms with Crippen molar-refractivity contribution in [3.8, 4) is 5.75 Å². The molecule has 0 unspecified atom stereocenters. The van der Waals surface area contributed by atoms with Crippen molar-refractivity contribution < 1.29 is 19.5 Å². The molecule has 124 valence electrons. The zero-order chi connectivity index (χ0) is 16.6. The summed E-state index contributed by atoms with van der Waals surface area (Å²) in [6.07, 6.45) is 5.19. The monoisotopic (exact) mass is 327 g/mol. The molecule has 0 atom stereocenters. The second-order valence-electron chi connectivity index (χ2n) is 6.17. The van der Waals surface area contributed by atoms with Crippen molar-refractivity contribution in [2.75, 3.05) is 13.2 Å². The van der Waals surface area contributed by atoms with Crippen LogP contribution in [0.3, 0.4) is 0 Å². The Labute approximate surface area is 136 Å². The Morgan fingerprint density at radius 2 is 1.86 bits per heavy atom. The van der Waals surface area contributed by atoms with E-state index in [4.69, 9.17) is 21.7 Å². The lowest BCUT2D eigenvalue weighted by Crippen LogP contribution is -2.23. The number of aromatic nitrogens is 1. The van der Waals surface area contributed by atoms with Crippen LogP contribution in [0.5, 0.6) is 5.75 Å². The molecular weight excluding hydrogens is 302 g/mol. The zero-order valence-electron chi connectivity index (χ0n) is 13.5. The molecule has 6 heteroatoms. The summed E-state index contributed by atoms with van der Waals surface area (Å²) in [6, 6.07) is 3.41. The number of pyridine rings is 1. The fraction of sp³-hybridized carbons (Fsp3) is 0.625. The van der Waals surface area contributed by atoms with Gasteiger partial charge in [0.15, 0.2) is 10.4 Å². The summed E-state index contributed by atoms with van der Waals surface area (Å²) in [6.45, 7) is 6.56. The number of unbranched alkanes of at least 4 members (excludes halogenated alkanes) is 3. The van der Waals surface area contributed by atoms with Crippen LogP contribution in [-0.4, -0.2) is 29.1 Å². The summed E-state index contributed by atoms with van der Waals surface area (Å²) in [5.41, 5.74) is -0.436. The Morgan fingerprint density at radius 1 is 1.23 bits per heavy atom. The Balaban J connectivity index is 2.08. The van der Waals surface area contributed by atoms with E-state index in [0.29, 0.717) is 19.0 Å². The van der Waals surface area contributed by atoms with E-state index >= 15 is 0 Å². The highest BCUT2D eigenvalue weighted by atomic mass is 32.1. The molecular formula is C16H25NO4S. The predicted octanol–water partition coefficient (Wildman–Crippen LogP) is 3.98. The molecule has 1 N–H and O–H groups in total. The van der Waals surface area contributed by atoms with Crippen molar-refractivity contribution >= 4 is 18.2 Å². The minimum absolute atomic E-state index is 0.157. The molecule has 0 radical (unpaired) electrons. The van der Waals surface area contributed by atoms with Crippen LogP contribution in [0.1, 0.15) is 46.5 Å². The summed E-state index contributed by atoms with van der Waals surface area (Å²) in [5, 5.41) is 9.39. The van der Waals surface area contributed by atoms with E-state index in [0.717, 1.165) is 30.4 Å². The number of carbonyl (C=O) groups excluding carboxylic acids is 1. The summed E-state index contributed by atoms with van der Waals surface area (Å²) in [7, 11) is 0. The molecule has 1 aromatic heterocycles. The van der Waals surface area contributed by atoms with Gasteiger partial charge in [-0.05, 0) is 58.6 Å². The van der Waals surface area contributed by atoms with Crippen LogP contribution < -0.4 is 4.74 Å². The van der Waals surface area contributed by atoms with Gasteiger partial charge in [0.25, 0.3) is 0 Å². The molecule has 0 aliphatic heterocycles. The Kier molecular flexibility index (Phi) is 7.38. The number of carbonyl (C=O) groups is 1. The number of nitrogens with zero attached hydrogens (tertiary/aromatic N) is 1. The van der Waals surface area contributed by atoms with Crippen molar-refractivity contribution in [1.82, 2.24) is 4.73 Å². The Morgan fingerprint density at radius 3 is 2.50 bits per heavy atom. The molecule has 0 aliphatic rings. The molecule has 1 aromatic rings. The maximum absolute atomic E-state index is 11.5. The lowest BCUT2D eigenvalue weighted by molar-refractivity contribution is -0.153. The third kappa shape index (κ3) is 6.47. The first-order valence-electron chi connectivity index (χ1n) is 7.53. The van der Waals surface area contributed by atoms with Crippen molar-refractivity contribution in [2.24, 2.45) is 5.41 Å². The molecule has 0 aromatic carbocycles. The summed E-state index contributed by atoms with van der Waals surface area (Å²) in [4.78, 5) is 11.5. The summed E-state index contributed by atoms with van der Waals surface area (Å²) >= 11 is 5.02. The van der Waals surface area contributed by atoms with Crippen LogP contribution in [0, 0.1) is 10.1 Å². The number of ether oxygens (including phenoxy) is 2. The van der Waals surface area contributed by atoms with Crippen LogP contribution in [0.2, 0.25) is 0 Å². The normalized spacial score (nSPS) is 11.2. The first-order chi connectivity index (χ1) is 10.3. The molecule has 0 saturated carbocycles. The molecule has 22 heavy (non-hydrogen) atoms. The van der Waals surface area contributed by atoms with Gasteiger partial charge in [0.2, 0.25) is 0 Å². The molecule has 1 heterocycles. The van der Waals surface area contributed by atoms with Gasteiger partial charge in [-0.1, -0.05) is 12.2 Å². The third-order valence-electron chi connectivity index (χ3n) is 3.04. The van der Waals surface area contributed by atoms with E-state index in [9.17, 15) is 10.0 Å². The lowest BCUT2D eigenvalue weighted by atomic mass is 9.97. The zero-order valence-corrected chi connectivity index (χ0v) is 14.3. The van der Waals surface area contributed by atoms with Crippen molar-refractivity contribution in [2.45, 2.75) is 46.5 Å². The van der Waals surface area contributed by atoms with E-state index in [1.807, 2.05) is 20.8 Å². The largest absolute Gasteiger partial charge is 0.490 e. The summed E-state index contributed by atoms with van der Waals surface area (Å²) < 4.78 is 11.9. The smallest absolute Gasteiger partial charge is 0.311 e. The second kappa shape index (κ2) is 8.78. The fourth-order valence-electron chi connectivity index (χ4n) is 1.69. The van der Waals surface area contributed by atoms with Crippen molar-refractivity contribution in [3.63, 3.8) is 0 Å². The molecule has 5 nitrogen and oxygen atoms in total. The highest BCUT2D eigenvalue weighted by Crippen LogP contribution is 2.16. The quantitative estimate of drug-likeness (QED) is 0.339. The number of hydrogen-bond donors (Lipinski definition) is 1. The number of esters is 1. The molecule has 0 saturated heterocycles. The van der Waals surface area contributed by atoms with Crippen molar-refractivity contribution in [3.05, 3.63) is 23.0 Å². The van der Waals surface area contributed by atoms with Gasteiger partial charge < -0.3 is 14.7 Å². The predicted molar refractivity (Wildman–Crippen MR) is 86.8 cm³/mol. The maximum Gasteiger partial charge on any atom is 0.311 e. The van der Waals surface area contributed by atoms with E-state index in [1.54, 1.807) is 12.1 Å². The van der Waals surface area contributed by atoms with Crippen molar-refractivity contribution in [1.29, 1.82) is 0 Å². The van der Waals surface area contributed by atoms with Gasteiger partial charge in [0, 0.05) is 6.20 Å². The highest BCUT2D eigenvalue weighted by molar-refractivity contribution is 7.71. The van der Waals surface area contributed by atoms with Gasteiger partial charge in [-0.3, -0.25) is 4.79 Å². The van der Waals surface area contributed by atoms with Crippen LogP contribution >= 0.6 is 12.2 Å². The van der Waals surface area contributed by atoms with Gasteiger partial charge in [-0.2, -0.15) is 4.73 Å². The number of hydrogen-bond acceptors (Lipinski definition) is 5. The molecule has 0 fully saturated rings. The van der Waals surface area contributed by atoms with Gasteiger partial charge in [0.1, 0.15) is 0 Å². The molecule has 0 amide bonds. The second-order valence-corrected chi connectivity index (χ2v) is 6.56. The van der Waals surface area contributed by atoms with E-state index in [1.165, 1.54) is 6.20 Å². The van der Waals surface area contributed by atoms with Crippen LogP contribution in [0.4, 0.5) is 0 Å². The Hall–Kier alpha value is -1.56. The van der Waals surface area contributed by atoms with E-state index < -0.39 is 5.41 Å². The molecule has 0 spiro atoms. The summed E-state index contributed by atoms with van der Waals surface area (Å²) in [5.74, 6) is 0.356. The van der Waals surface area contributed by atoms with Gasteiger partial charge in [-0.25, -0.2) is 0 Å². The lowest BCUT2D eigenvalue weighted by Gasteiger charge is -2.16. The topological polar surface area (TPSA) is 60.7 Å². The van der Waals surface area contributed by atoms with Crippen LogP contribution in [0.15, 0.2) is 18.3 Å². The SMILES string of the molecule is CC(C)(C)C(=O)OCCCCCCOc1cccn(O)c1=S. The van der Waals surface area contributed by atoms with Gasteiger partial charge in [-0.15, -0.1) is 0 Å². The fourth-order valence-corrected chi connectivity index (χ4v) is 1.88. The molecule has 0 aliphatic carbocycles. The number of rotatable bonds is 8. The highest BCUT2D eigenvalue weighted by Gasteiger charge is 2.22. The first kappa shape index (κ1) is 18.5. The standard InChI is InChI=1S/C16H25NO4S/c1-16(2,3)15(18)21-12-7-5-4-6-11-20-13-9-8-10-17(19)14(13)22/h8-10,19H,4-7,11-12H2,1-3H3. The average Bonchev–Trinajstić information content (AvgIpc) is 2.44. The third-order valence-corrected chi connectivity index (χ3v) is 3.42.